The second kappa shape index (κ2) is 10.1. The summed E-state index contributed by atoms with van der Waals surface area (Å²) in [6.45, 7) is -0.153. The number of hydrogen-bond acceptors (Lipinski definition) is 6. The Balaban J connectivity index is 2.14. The van der Waals surface area contributed by atoms with Crippen molar-refractivity contribution >= 4 is 45.9 Å². The van der Waals surface area contributed by atoms with Crippen LogP contribution in [0.5, 0.6) is 0 Å². The second-order valence-electron chi connectivity index (χ2n) is 5.06. The Morgan fingerprint density at radius 1 is 0.962 bits per heavy atom. The Bertz CT molecular complexity index is 767. The maximum absolute atomic E-state index is 12.5. The van der Waals surface area contributed by atoms with Crippen molar-refractivity contribution in [3.63, 3.8) is 0 Å². The molecule has 1 atom stereocenters. The van der Waals surface area contributed by atoms with E-state index >= 15 is 0 Å². The number of ether oxygens (including phenoxy) is 2. The van der Waals surface area contributed by atoms with Gasteiger partial charge in [0.25, 0.3) is 0 Å². The van der Waals surface area contributed by atoms with E-state index in [4.69, 9.17) is 26.8 Å². The molecule has 26 heavy (non-hydrogen) atoms. The average Bonchev–Trinajstić information content (AvgIpc) is 2.68. The van der Waals surface area contributed by atoms with Crippen molar-refractivity contribution in [1.82, 2.24) is 0 Å². The van der Waals surface area contributed by atoms with E-state index in [1.807, 2.05) is 30.3 Å². The van der Waals surface area contributed by atoms with Gasteiger partial charge in [-0.2, -0.15) is 0 Å². The molecule has 0 heterocycles. The van der Waals surface area contributed by atoms with Gasteiger partial charge in [0.1, 0.15) is 0 Å². The molecule has 0 aromatic heterocycles. The molecule has 2 rings (SSSR count). The zero-order valence-corrected chi connectivity index (χ0v) is 16.4. The number of alkyl halides is 1. The van der Waals surface area contributed by atoms with Crippen LogP contribution in [0.1, 0.15) is 15.9 Å². The molecule has 0 fully saturated rings. The molecule has 0 aliphatic carbocycles. The summed E-state index contributed by atoms with van der Waals surface area (Å²) in [6.07, 6.45) is 0. The third-order valence-corrected chi connectivity index (χ3v) is 7.64. The number of benzene rings is 2. The molecule has 6 nitrogen and oxygen atoms in total. The van der Waals surface area contributed by atoms with E-state index in [2.05, 4.69) is 0 Å². The van der Waals surface area contributed by atoms with Gasteiger partial charge in [-0.05, 0) is 0 Å². The van der Waals surface area contributed by atoms with Gasteiger partial charge < -0.3 is 0 Å². The number of nitrogens with two attached hydrogens (primary N) is 1. The van der Waals surface area contributed by atoms with E-state index in [9.17, 15) is 14.4 Å². The average molecular weight is 438 g/mol. The summed E-state index contributed by atoms with van der Waals surface area (Å²) in [5.41, 5.74) is 6.57. The molecule has 2 aromatic rings. The Labute approximate surface area is 160 Å². The van der Waals surface area contributed by atoms with Crippen molar-refractivity contribution in [2.45, 2.75) is 6.61 Å². The summed E-state index contributed by atoms with van der Waals surface area (Å²) in [5.74, 6) is -0.581. The van der Waals surface area contributed by atoms with E-state index in [1.54, 1.807) is 12.1 Å². The van der Waals surface area contributed by atoms with Gasteiger partial charge in [0.15, 0.2) is 0 Å². The Morgan fingerprint density at radius 2 is 1.62 bits per heavy atom. The van der Waals surface area contributed by atoms with Gasteiger partial charge in [-0.25, -0.2) is 0 Å². The first kappa shape index (κ1) is 20.2. The van der Waals surface area contributed by atoms with Crippen LogP contribution in [0.3, 0.4) is 0 Å². The molecule has 0 amide bonds. The van der Waals surface area contributed by atoms with E-state index in [0.717, 1.165) is 5.56 Å². The number of rotatable bonds is 8. The first-order valence-electron chi connectivity index (χ1n) is 7.63. The van der Waals surface area contributed by atoms with E-state index in [0.29, 0.717) is 4.35 Å². The number of halogens is 1. The monoisotopic (exact) mass is 437 g/mol. The van der Waals surface area contributed by atoms with Gasteiger partial charge in [0.05, 0.1) is 0 Å². The minimum atomic E-state index is -2.87. The van der Waals surface area contributed by atoms with Gasteiger partial charge in [0, 0.05) is 0 Å². The van der Waals surface area contributed by atoms with Crippen molar-refractivity contribution < 1.29 is 23.9 Å². The number of carbonyl (C=O) groups is 3. The van der Waals surface area contributed by atoms with Crippen LogP contribution in [-0.4, -0.2) is 42.6 Å². The van der Waals surface area contributed by atoms with E-state index in [1.165, 1.54) is 12.1 Å². The number of esters is 1. The van der Waals surface area contributed by atoms with Crippen LogP contribution in [0.15, 0.2) is 54.6 Å². The van der Waals surface area contributed by atoms with Gasteiger partial charge >= 0.3 is 160 Å². The number of hydrogen-bond donors (Lipinski definition) is 1. The van der Waals surface area contributed by atoms with Crippen LogP contribution < -0.4 is 10.1 Å². The molecule has 0 spiro atoms. The molecule has 0 saturated heterocycles. The number of carbonyl (C=O) groups excluding carboxylic acids is 3. The Morgan fingerprint density at radius 3 is 2.19 bits per heavy atom. The van der Waals surface area contributed by atoms with Crippen molar-refractivity contribution in [2.75, 3.05) is 12.6 Å². The SMILES string of the molecule is NCC(=O)[As](C(=O)OCc1ccccc1)c1ccc(C(=O)OCCl)cc1. The molecule has 0 aliphatic rings. The van der Waals surface area contributed by atoms with E-state index in [-0.39, 0.29) is 29.4 Å². The summed E-state index contributed by atoms with van der Waals surface area (Å²) in [5, 5.41) is 0. The summed E-state index contributed by atoms with van der Waals surface area (Å²) in [7, 11) is 0. The predicted molar refractivity (Wildman–Crippen MR) is 98.7 cm³/mol. The summed E-state index contributed by atoms with van der Waals surface area (Å²) >= 11 is 2.48. The molecule has 0 saturated carbocycles. The molecule has 8 heteroatoms. The van der Waals surface area contributed by atoms with Crippen molar-refractivity contribution in [1.29, 1.82) is 0 Å². The zero-order chi connectivity index (χ0) is 18.9. The summed E-state index contributed by atoms with van der Waals surface area (Å²) in [6, 6.07) is 15.0. The Hall–Kier alpha value is -2.14. The molecular formula is C18H17AsClNO5. The molecule has 0 radical (unpaired) electrons. The maximum atomic E-state index is 12.5. The van der Waals surface area contributed by atoms with Crippen molar-refractivity contribution in [3.8, 4) is 0 Å². The van der Waals surface area contributed by atoms with Gasteiger partial charge in [0.2, 0.25) is 0 Å². The molecule has 2 aromatic carbocycles. The first-order valence-corrected chi connectivity index (χ1v) is 11.0. The fourth-order valence-electron chi connectivity index (χ4n) is 2.11. The van der Waals surface area contributed by atoms with Crippen LogP contribution in [0.2, 0.25) is 0 Å². The fourth-order valence-corrected chi connectivity index (χ4v) is 5.41. The van der Waals surface area contributed by atoms with E-state index < -0.39 is 25.4 Å². The predicted octanol–water partition coefficient (Wildman–Crippen LogP) is 1.73. The molecular weight excluding hydrogens is 421 g/mol. The normalized spacial score (nSPS) is 11.5. The van der Waals surface area contributed by atoms with Crippen LogP contribution in [-0.2, 0) is 20.9 Å². The first-order chi connectivity index (χ1) is 12.6. The topological polar surface area (TPSA) is 95.7 Å². The molecule has 136 valence electrons. The van der Waals surface area contributed by atoms with Gasteiger partial charge in [-0.3, -0.25) is 0 Å². The van der Waals surface area contributed by atoms with Crippen molar-refractivity contribution in [3.05, 3.63) is 65.7 Å². The standard InChI is InChI=1S/C18H17AsClNO5/c20-12-26-17(23)14-6-8-15(9-7-14)19(16(22)10-21)18(24)25-11-13-4-2-1-3-5-13/h1-9H,10-12,21H2. The quantitative estimate of drug-likeness (QED) is 0.384. The third-order valence-electron chi connectivity index (χ3n) is 3.36. The molecule has 1 unspecified atom stereocenters. The van der Waals surface area contributed by atoms with Crippen LogP contribution in [0.25, 0.3) is 0 Å². The second-order valence-corrected chi connectivity index (χ2v) is 9.58. The van der Waals surface area contributed by atoms with Crippen LogP contribution >= 0.6 is 11.6 Å². The summed E-state index contributed by atoms with van der Waals surface area (Å²) in [4.78, 5) is 36.3. The molecule has 0 aliphatic heterocycles. The Kier molecular flexibility index (Phi) is 7.85. The molecule has 2 N–H and O–H groups in total. The van der Waals surface area contributed by atoms with Gasteiger partial charge in [-0.1, -0.05) is 0 Å². The third kappa shape index (κ3) is 5.43. The van der Waals surface area contributed by atoms with Gasteiger partial charge in [-0.15, -0.1) is 0 Å². The van der Waals surface area contributed by atoms with Crippen LogP contribution in [0, 0.1) is 0 Å². The minimum absolute atomic E-state index is 0.0862. The fraction of sp³-hybridized carbons (Fsp3) is 0.167. The van der Waals surface area contributed by atoms with Crippen molar-refractivity contribution in [2.24, 2.45) is 5.73 Å². The summed E-state index contributed by atoms with van der Waals surface area (Å²) < 4.78 is 9.68. The zero-order valence-electron chi connectivity index (χ0n) is 13.8. The van der Waals surface area contributed by atoms with Crippen LogP contribution in [0.4, 0.5) is 4.79 Å². The molecule has 0 bridgehead atoms.